The summed E-state index contributed by atoms with van der Waals surface area (Å²) >= 11 is 0. The number of para-hydroxylation sites is 4. The van der Waals surface area contributed by atoms with Crippen LogP contribution in [0.1, 0.15) is 23.5 Å². The molecule has 1 aliphatic carbocycles. The van der Waals surface area contributed by atoms with Crippen molar-refractivity contribution in [3.05, 3.63) is 223 Å². The third-order valence-electron chi connectivity index (χ3n) is 10.4. The Labute approximate surface area is 312 Å². The van der Waals surface area contributed by atoms with E-state index in [9.17, 15) is 0 Å². The zero-order valence-corrected chi connectivity index (χ0v) is 29.8. The molecule has 1 aliphatic rings. The van der Waals surface area contributed by atoms with Crippen LogP contribution in [0.4, 0.5) is 28.4 Å². The number of hydrogen-bond acceptors (Lipinski definition) is 2. The molecule has 0 N–H and O–H groups in total. The second-order valence-electron chi connectivity index (χ2n) is 13.8. The maximum absolute atomic E-state index is 2.42. The molecule has 8 aromatic carbocycles. The third kappa shape index (κ3) is 6.19. The van der Waals surface area contributed by atoms with Crippen molar-refractivity contribution in [2.45, 2.75) is 19.3 Å². The number of anilines is 5. The van der Waals surface area contributed by atoms with Gasteiger partial charge in [0.25, 0.3) is 0 Å². The summed E-state index contributed by atoms with van der Waals surface area (Å²) in [6.45, 7) is 2.20. The molecular formula is C51H40N2. The van der Waals surface area contributed by atoms with E-state index in [1.807, 2.05) is 0 Å². The number of aryl methyl sites for hydroxylation is 1. The zero-order chi connectivity index (χ0) is 35.6. The normalized spacial score (nSPS) is 13.9. The molecule has 8 aromatic rings. The zero-order valence-electron chi connectivity index (χ0n) is 29.8. The lowest BCUT2D eigenvalue weighted by atomic mass is 9.81. The van der Waals surface area contributed by atoms with Gasteiger partial charge in [0, 0.05) is 40.1 Å². The van der Waals surface area contributed by atoms with Crippen LogP contribution in [0.3, 0.4) is 0 Å². The fourth-order valence-electron chi connectivity index (χ4n) is 8.01. The van der Waals surface area contributed by atoms with E-state index in [1.54, 1.807) is 0 Å². The summed E-state index contributed by atoms with van der Waals surface area (Å²) in [5.41, 5.74) is 12.1. The molecule has 0 spiro atoms. The Morgan fingerprint density at radius 1 is 0.434 bits per heavy atom. The topological polar surface area (TPSA) is 6.48 Å². The smallest absolute Gasteiger partial charge is 0.0462 e. The lowest BCUT2D eigenvalue weighted by Gasteiger charge is -2.30. The molecule has 0 amide bonds. The Morgan fingerprint density at radius 2 is 0.906 bits per heavy atom. The molecular weight excluding hydrogens is 641 g/mol. The van der Waals surface area contributed by atoms with E-state index in [0.717, 1.165) is 34.9 Å². The van der Waals surface area contributed by atoms with Crippen molar-refractivity contribution in [3.8, 4) is 11.1 Å². The molecule has 2 heteroatoms. The van der Waals surface area contributed by atoms with Crippen LogP contribution in [0.5, 0.6) is 0 Å². The van der Waals surface area contributed by atoms with Crippen LogP contribution >= 0.6 is 0 Å². The number of allylic oxidation sites excluding steroid dienone is 3. The molecule has 0 heterocycles. The Balaban J connectivity index is 1.14. The first-order chi connectivity index (χ1) is 26.2. The van der Waals surface area contributed by atoms with E-state index in [-0.39, 0.29) is 5.92 Å². The highest BCUT2D eigenvalue weighted by atomic mass is 15.1. The van der Waals surface area contributed by atoms with Crippen molar-refractivity contribution in [2.75, 3.05) is 9.80 Å². The first kappa shape index (κ1) is 32.3. The largest absolute Gasteiger partial charge is 0.311 e. The highest BCUT2D eigenvalue weighted by Crippen LogP contribution is 2.46. The number of nitrogens with zero attached hydrogens (tertiary/aromatic N) is 2. The Morgan fingerprint density at radius 3 is 1.43 bits per heavy atom. The molecule has 0 saturated carbocycles. The van der Waals surface area contributed by atoms with Gasteiger partial charge in [-0.3, -0.25) is 0 Å². The molecule has 0 saturated heterocycles. The van der Waals surface area contributed by atoms with Crippen molar-refractivity contribution in [1.82, 2.24) is 0 Å². The average Bonchev–Trinajstić information content (AvgIpc) is 3.22. The van der Waals surface area contributed by atoms with E-state index < -0.39 is 0 Å². The van der Waals surface area contributed by atoms with Crippen LogP contribution in [0.25, 0.3) is 32.7 Å². The van der Waals surface area contributed by atoms with Gasteiger partial charge in [0.1, 0.15) is 0 Å². The third-order valence-corrected chi connectivity index (χ3v) is 10.4. The van der Waals surface area contributed by atoms with Gasteiger partial charge in [-0.2, -0.15) is 0 Å². The van der Waals surface area contributed by atoms with E-state index >= 15 is 0 Å². The molecule has 1 atom stereocenters. The lowest BCUT2D eigenvalue weighted by Crippen LogP contribution is -2.17. The highest BCUT2D eigenvalue weighted by Gasteiger charge is 2.23. The van der Waals surface area contributed by atoms with Gasteiger partial charge < -0.3 is 9.80 Å². The van der Waals surface area contributed by atoms with Gasteiger partial charge in [0.05, 0.1) is 0 Å². The molecule has 0 aliphatic heterocycles. The van der Waals surface area contributed by atoms with Gasteiger partial charge >= 0.3 is 0 Å². The quantitative estimate of drug-likeness (QED) is 0.147. The number of rotatable bonds is 8. The van der Waals surface area contributed by atoms with Crippen LogP contribution in [-0.2, 0) is 0 Å². The van der Waals surface area contributed by atoms with Crippen LogP contribution in [0, 0.1) is 6.92 Å². The molecule has 0 aromatic heterocycles. The van der Waals surface area contributed by atoms with Crippen LogP contribution in [0.2, 0.25) is 0 Å². The van der Waals surface area contributed by atoms with Gasteiger partial charge in [0.2, 0.25) is 0 Å². The SMILES string of the molecule is Cc1ccc2c(C3C=CC(N(c4ccccc4)c4ccccc4)=CC3)c3ccccc3c(-c3ccc(N(c4ccccc4)c4ccccc4)cc3)c2c1. The first-order valence-corrected chi connectivity index (χ1v) is 18.5. The molecule has 0 bridgehead atoms. The highest BCUT2D eigenvalue weighted by molar-refractivity contribution is 6.15. The Bertz CT molecular complexity index is 2490. The van der Waals surface area contributed by atoms with Crippen molar-refractivity contribution in [3.63, 3.8) is 0 Å². The second-order valence-corrected chi connectivity index (χ2v) is 13.8. The maximum atomic E-state index is 2.42. The van der Waals surface area contributed by atoms with E-state index in [2.05, 4.69) is 223 Å². The molecule has 254 valence electrons. The molecule has 0 fully saturated rings. The van der Waals surface area contributed by atoms with Crippen LogP contribution in [-0.4, -0.2) is 0 Å². The predicted molar refractivity (Wildman–Crippen MR) is 226 cm³/mol. The lowest BCUT2D eigenvalue weighted by molar-refractivity contribution is 0.854. The van der Waals surface area contributed by atoms with Crippen molar-refractivity contribution in [1.29, 1.82) is 0 Å². The fraction of sp³-hybridized carbons (Fsp3) is 0.0588. The number of benzene rings is 8. The minimum Gasteiger partial charge on any atom is -0.311 e. The van der Waals surface area contributed by atoms with Crippen molar-refractivity contribution < 1.29 is 0 Å². The van der Waals surface area contributed by atoms with Crippen molar-refractivity contribution in [2.24, 2.45) is 0 Å². The molecule has 2 nitrogen and oxygen atoms in total. The Hall–Kier alpha value is -6.64. The minimum atomic E-state index is 0.240. The summed E-state index contributed by atoms with van der Waals surface area (Å²) in [6, 6.07) is 67.7. The van der Waals surface area contributed by atoms with Gasteiger partial charge in [-0.25, -0.2) is 0 Å². The number of fused-ring (bicyclic) bond motifs is 2. The fourth-order valence-corrected chi connectivity index (χ4v) is 8.01. The average molecular weight is 681 g/mol. The summed E-state index contributed by atoms with van der Waals surface area (Å²) in [7, 11) is 0. The predicted octanol–water partition coefficient (Wildman–Crippen LogP) is 14.2. The molecule has 53 heavy (non-hydrogen) atoms. The monoisotopic (exact) mass is 680 g/mol. The van der Waals surface area contributed by atoms with E-state index in [1.165, 1.54) is 49.5 Å². The molecule has 9 rings (SSSR count). The van der Waals surface area contributed by atoms with Gasteiger partial charge in [-0.05, 0) is 118 Å². The molecule has 0 radical (unpaired) electrons. The summed E-state index contributed by atoms with van der Waals surface area (Å²) < 4.78 is 0. The van der Waals surface area contributed by atoms with Crippen LogP contribution < -0.4 is 9.80 Å². The maximum Gasteiger partial charge on any atom is 0.0462 e. The Kier molecular flexibility index (Phi) is 8.63. The molecule has 1 unspecified atom stereocenters. The second kappa shape index (κ2) is 14.2. The summed E-state index contributed by atoms with van der Waals surface area (Å²) in [4.78, 5) is 4.68. The first-order valence-electron chi connectivity index (χ1n) is 18.5. The van der Waals surface area contributed by atoms with Gasteiger partial charge in [0.15, 0.2) is 0 Å². The standard InChI is InChI=1S/C51H40N2/c1-37-26-35-48-49(36-37)51(39-29-33-45(34-30-39)53(42-20-10-4-11-21-42)43-22-12-5-13-23-43)47-25-15-14-24-46(47)50(48)38-27-31-44(32-28-38)52(40-16-6-2-7-17-40)41-18-8-3-9-19-41/h2-27,29-36,38H,28H2,1H3. The summed E-state index contributed by atoms with van der Waals surface area (Å²) in [5, 5.41) is 5.22. The van der Waals surface area contributed by atoms with E-state index in [0.29, 0.717) is 0 Å². The van der Waals surface area contributed by atoms with Gasteiger partial charge in [-0.15, -0.1) is 0 Å². The van der Waals surface area contributed by atoms with Gasteiger partial charge in [-0.1, -0.05) is 145 Å². The summed E-state index contributed by atoms with van der Waals surface area (Å²) in [6.07, 6.45) is 8.07. The minimum absolute atomic E-state index is 0.240. The summed E-state index contributed by atoms with van der Waals surface area (Å²) in [5.74, 6) is 0.240. The van der Waals surface area contributed by atoms with Crippen LogP contribution in [0.15, 0.2) is 212 Å². The number of hydrogen-bond donors (Lipinski definition) is 0. The van der Waals surface area contributed by atoms with Crippen molar-refractivity contribution >= 4 is 50.0 Å². The van der Waals surface area contributed by atoms with E-state index in [4.69, 9.17) is 0 Å².